The van der Waals surface area contributed by atoms with Crippen molar-refractivity contribution in [3.63, 3.8) is 0 Å². The van der Waals surface area contributed by atoms with Crippen molar-refractivity contribution in [2.75, 3.05) is 0 Å². The molecule has 0 fully saturated rings. The number of allylic oxidation sites excluding steroid dienone is 3. The second-order valence-corrected chi connectivity index (χ2v) is 5.97. The van der Waals surface area contributed by atoms with Gasteiger partial charge in [0.1, 0.15) is 0 Å². The molecular formula is C19H15N. The quantitative estimate of drug-likeness (QED) is 0.707. The lowest BCUT2D eigenvalue weighted by molar-refractivity contribution is 0.941. The first-order chi connectivity index (χ1) is 9.83. The zero-order chi connectivity index (χ0) is 13.3. The molecular weight excluding hydrogens is 242 g/mol. The van der Waals surface area contributed by atoms with Gasteiger partial charge >= 0.3 is 0 Å². The molecule has 1 aromatic heterocycles. The maximum Gasteiger partial charge on any atom is 0.0675 e. The van der Waals surface area contributed by atoms with Gasteiger partial charge in [0.2, 0.25) is 0 Å². The molecule has 0 spiro atoms. The van der Waals surface area contributed by atoms with Gasteiger partial charge in [-0.1, -0.05) is 36.4 Å². The van der Waals surface area contributed by atoms with Gasteiger partial charge in [0.25, 0.3) is 0 Å². The van der Waals surface area contributed by atoms with Gasteiger partial charge < -0.3 is 0 Å². The molecule has 3 aliphatic carbocycles. The van der Waals surface area contributed by atoms with Crippen molar-refractivity contribution in [1.82, 2.24) is 4.98 Å². The van der Waals surface area contributed by atoms with Crippen LogP contribution in [0.4, 0.5) is 0 Å². The highest BCUT2D eigenvalue weighted by molar-refractivity contribution is 6.05. The molecule has 0 atom stereocenters. The number of benzene rings is 1. The van der Waals surface area contributed by atoms with E-state index in [9.17, 15) is 0 Å². The predicted octanol–water partition coefficient (Wildman–Crippen LogP) is 2.86. The molecule has 0 bridgehead atoms. The number of aryl methyl sites for hydroxylation is 2. The van der Waals surface area contributed by atoms with Gasteiger partial charge in [-0.3, -0.25) is 4.98 Å². The van der Waals surface area contributed by atoms with Crippen molar-refractivity contribution in [3.05, 3.63) is 51.2 Å². The Morgan fingerprint density at radius 3 is 3.00 bits per heavy atom. The molecule has 0 saturated heterocycles. The number of hydrogen-bond acceptors (Lipinski definition) is 1. The minimum absolute atomic E-state index is 1.01. The third-order valence-corrected chi connectivity index (χ3v) is 4.79. The van der Waals surface area contributed by atoms with Gasteiger partial charge in [0, 0.05) is 16.6 Å². The molecule has 20 heavy (non-hydrogen) atoms. The average Bonchev–Trinajstić information content (AvgIpc) is 2.88. The maximum atomic E-state index is 4.97. The molecule has 0 N–H and O–H groups in total. The fraction of sp³-hybridized carbons (Fsp3) is 0.211. The molecule has 1 heteroatoms. The Kier molecular flexibility index (Phi) is 1.85. The summed E-state index contributed by atoms with van der Waals surface area (Å²) >= 11 is 0. The number of hydrogen-bond donors (Lipinski definition) is 0. The molecule has 2 aromatic rings. The van der Waals surface area contributed by atoms with Gasteiger partial charge in [-0.25, -0.2) is 0 Å². The van der Waals surface area contributed by atoms with E-state index in [4.69, 9.17) is 4.98 Å². The Balaban J connectivity index is 2.13. The van der Waals surface area contributed by atoms with Gasteiger partial charge in [0.15, 0.2) is 0 Å². The third kappa shape index (κ3) is 1.16. The summed E-state index contributed by atoms with van der Waals surface area (Å²) in [5.74, 6) is 0. The minimum atomic E-state index is 1.01. The van der Waals surface area contributed by atoms with Crippen LogP contribution < -0.4 is 10.6 Å². The van der Waals surface area contributed by atoms with Crippen LogP contribution >= 0.6 is 0 Å². The Hall–Kier alpha value is -2.15. The smallest absolute Gasteiger partial charge is 0.0675 e. The van der Waals surface area contributed by atoms with E-state index in [0.717, 1.165) is 19.3 Å². The van der Waals surface area contributed by atoms with E-state index >= 15 is 0 Å². The second-order valence-electron chi connectivity index (χ2n) is 5.97. The van der Waals surface area contributed by atoms with Gasteiger partial charge in [0.05, 0.1) is 5.35 Å². The molecule has 0 unspecified atom stereocenters. The average molecular weight is 257 g/mol. The number of rotatable bonds is 0. The summed E-state index contributed by atoms with van der Waals surface area (Å²) in [6.45, 7) is 2.24. The summed E-state index contributed by atoms with van der Waals surface area (Å²) in [6, 6.07) is 2.35. The molecule has 1 heterocycles. The number of nitrogens with zero attached hydrogens (tertiary/aromatic N) is 1. The van der Waals surface area contributed by atoms with Crippen LogP contribution in [0, 0.1) is 6.92 Å². The Morgan fingerprint density at radius 2 is 2.05 bits per heavy atom. The number of aromatic nitrogens is 1. The third-order valence-electron chi connectivity index (χ3n) is 4.79. The van der Waals surface area contributed by atoms with Gasteiger partial charge in [-0.2, -0.15) is 0 Å². The van der Waals surface area contributed by atoms with Gasteiger partial charge in [-0.05, 0) is 53.5 Å². The van der Waals surface area contributed by atoms with E-state index in [1.54, 1.807) is 0 Å². The van der Waals surface area contributed by atoms with E-state index in [-0.39, 0.29) is 0 Å². The monoisotopic (exact) mass is 257 g/mol. The van der Waals surface area contributed by atoms with E-state index in [1.807, 2.05) is 0 Å². The Bertz CT molecular complexity index is 971. The largest absolute Gasteiger partial charge is 0.252 e. The van der Waals surface area contributed by atoms with Crippen LogP contribution in [0.25, 0.3) is 34.6 Å². The van der Waals surface area contributed by atoms with Crippen molar-refractivity contribution < 1.29 is 0 Å². The van der Waals surface area contributed by atoms with Crippen LogP contribution in [0.3, 0.4) is 0 Å². The van der Waals surface area contributed by atoms with Crippen molar-refractivity contribution in [1.29, 1.82) is 0 Å². The molecule has 5 rings (SSSR count). The standard InChI is InChI=1S/C19H15N/c1-11-10-13-7-6-12-8-9-16-19(18(12)13)17(11)14-4-2-3-5-15(14)20-16/h2,4-7,10H,3,8-9H2,1H3. The van der Waals surface area contributed by atoms with Gasteiger partial charge in [-0.15, -0.1) is 0 Å². The summed E-state index contributed by atoms with van der Waals surface area (Å²) in [4.78, 5) is 4.97. The lowest BCUT2D eigenvalue weighted by Gasteiger charge is -2.21. The van der Waals surface area contributed by atoms with Crippen LogP contribution in [-0.4, -0.2) is 4.98 Å². The van der Waals surface area contributed by atoms with Crippen LogP contribution in [-0.2, 0) is 6.42 Å². The molecule has 1 aromatic carbocycles. The van der Waals surface area contributed by atoms with Crippen molar-refractivity contribution in [2.45, 2.75) is 26.2 Å². The molecule has 0 aliphatic heterocycles. The maximum absolute atomic E-state index is 4.97. The van der Waals surface area contributed by atoms with Crippen molar-refractivity contribution in [2.24, 2.45) is 0 Å². The molecule has 0 saturated carbocycles. The van der Waals surface area contributed by atoms with Crippen molar-refractivity contribution >= 4 is 34.6 Å². The lowest BCUT2D eigenvalue weighted by atomic mass is 9.85. The van der Waals surface area contributed by atoms with E-state index in [2.05, 4.69) is 43.4 Å². The second kappa shape index (κ2) is 3.49. The first-order valence-corrected chi connectivity index (χ1v) is 7.37. The molecule has 0 amide bonds. The molecule has 96 valence electrons. The normalized spacial score (nSPS) is 17.6. The number of fused-ring (bicyclic) bond motifs is 2. The summed E-state index contributed by atoms with van der Waals surface area (Å²) in [5, 5.41) is 5.42. The van der Waals surface area contributed by atoms with Crippen LogP contribution in [0.5, 0.6) is 0 Å². The highest BCUT2D eigenvalue weighted by Gasteiger charge is 2.23. The summed E-state index contributed by atoms with van der Waals surface area (Å²) in [5.41, 5.74) is 6.97. The first-order valence-electron chi connectivity index (χ1n) is 7.37. The molecule has 1 nitrogen and oxygen atoms in total. The fourth-order valence-corrected chi connectivity index (χ4v) is 3.95. The van der Waals surface area contributed by atoms with E-state index in [1.165, 1.54) is 49.3 Å². The van der Waals surface area contributed by atoms with E-state index in [0.29, 0.717) is 0 Å². The minimum Gasteiger partial charge on any atom is -0.252 e. The Morgan fingerprint density at radius 1 is 1.10 bits per heavy atom. The highest BCUT2D eigenvalue weighted by Crippen LogP contribution is 2.37. The lowest BCUT2D eigenvalue weighted by Crippen LogP contribution is -2.21. The molecule has 3 aliphatic rings. The SMILES string of the molecule is Cc1cc2c3c4c(nc5c(c14)C=CCC=5)CCC3=CC=2. The topological polar surface area (TPSA) is 12.9 Å². The first kappa shape index (κ1) is 10.6. The zero-order valence-corrected chi connectivity index (χ0v) is 11.5. The van der Waals surface area contributed by atoms with Crippen molar-refractivity contribution in [3.8, 4) is 0 Å². The van der Waals surface area contributed by atoms with Crippen LogP contribution in [0.15, 0.2) is 18.2 Å². The zero-order valence-electron chi connectivity index (χ0n) is 11.5. The van der Waals surface area contributed by atoms with E-state index < -0.39 is 0 Å². The highest BCUT2D eigenvalue weighted by atomic mass is 14.7. The van der Waals surface area contributed by atoms with Crippen LogP contribution in [0.2, 0.25) is 0 Å². The Labute approximate surface area is 117 Å². The molecule has 0 radical (unpaired) electrons. The summed E-state index contributed by atoms with van der Waals surface area (Å²) in [7, 11) is 0. The summed E-state index contributed by atoms with van der Waals surface area (Å²) in [6.07, 6.45) is 14.6. The predicted molar refractivity (Wildman–Crippen MR) is 84.6 cm³/mol. The number of pyridine rings is 1. The fourth-order valence-electron chi connectivity index (χ4n) is 3.95. The summed E-state index contributed by atoms with van der Waals surface area (Å²) < 4.78 is 0. The van der Waals surface area contributed by atoms with Crippen LogP contribution in [0.1, 0.15) is 35.2 Å².